The molecule has 106 valence electrons. The Morgan fingerprint density at radius 3 is 2.74 bits per heavy atom. The highest BCUT2D eigenvalue weighted by Gasteiger charge is 2.29. The van der Waals surface area contributed by atoms with E-state index in [-0.39, 0.29) is 0 Å². The van der Waals surface area contributed by atoms with E-state index in [9.17, 15) is 0 Å². The molecular weight excluding hydrogens is 298 g/mol. The largest absolute Gasteiger partial charge is 0.310 e. The van der Waals surface area contributed by atoms with Gasteiger partial charge in [0.1, 0.15) is 0 Å². The van der Waals surface area contributed by atoms with E-state index in [0.29, 0.717) is 6.04 Å². The molecule has 0 bridgehead atoms. The van der Waals surface area contributed by atoms with Crippen molar-refractivity contribution in [3.63, 3.8) is 0 Å². The van der Waals surface area contributed by atoms with Crippen molar-refractivity contribution in [2.24, 2.45) is 11.8 Å². The maximum absolute atomic E-state index is 3.73. The molecule has 1 aromatic carbocycles. The molecule has 19 heavy (non-hydrogen) atoms. The lowest BCUT2D eigenvalue weighted by Crippen LogP contribution is -2.31. The lowest BCUT2D eigenvalue weighted by Gasteiger charge is -2.35. The third-order valence-corrected chi connectivity index (χ3v) is 5.26. The molecule has 3 unspecified atom stereocenters. The molecule has 0 amide bonds. The minimum Gasteiger partial charge on any atom is -0.310 e. The summed E-state index contributed by atoms with van der Waals surface area (Å²) in [6, 6.07) is 9.21. The third kappa shape index (κ3) is 3.82. The Morgan fingerprint density at radius 2 is 2.05 bits per heavy atom. The predicted molar refractivity (Wildman–Crippen MR) is 86.3 cm³/mol. The summed E-state index contributed by atoms with van der Waals surface area (Å²) < 4.78 is 1.25. The summed E-state index contributed by atoms with van der Waals surface area (Å²) in [6.07, 6.45) is 6.92. The topological polar surface area (TPSA) is 12.0 Å². The molecule has 1 aliphatic rings. The first kappa shape index (κ1) is 15.1. The van der Waals surface area contributed by atoms with Crippen LogP contribution in [-0.2, 0) is 0 Å². The second-order valence-electron chi connectivity index (χ2n) is 5.76. The van der Waals surface area contributed by atoms with Gasteiger partial charge in [-0.3, -0.25) is 0 Å². The molecule has 1 aliphatic carbocycles. The van der Waals surface area contributed by atoms with Gasteiger partial charge in [-0.2, -0.15) is 0 Å². The third-order valence-electron chi connectivity index (χ3n) is 4.54. The molecule has 2 rings (SSSR count). The maximum atomic E-state index is 3.73. The van der Waals surface area contributed by atoms with Crippen molar-refractivity contribution in [2.45, 2.75) is 52.0 Å². The van der Waals surface area contributed by atoms with Crippen LogP contribution in [0.2, 0.25) is 0 Å². The van der Waals surface area contributed by atoms with Crippen LogP contribution in [0, 0.1) is 11.8 Å². The van der Waals surface area contributed by atoms with Crippen LogP contribution in [0.15, 0.2) is 28.7 Å². The van der Waals surface area contributed by atoms with Crippen LogP contribution in [0.3, 0.4) is 0 Å². The van der Waals surface area contributed by atoms with Crippen molar-refractivity contribution in [3.05, 3.63) is 34.3 Å². The average Bonchev–Trinajstić information content (AvgIpc) is 2.46. The molecule has 1 aromatic rings. The van der Waals surface area contributed by atoms with Crippen molar-refractivity contribution in [1.29, 1.82) is 0 Å². The number of benzene rings is 1. The molecule has 3 atom stereocenters. The summed E-state index contributed by atoms with van der Waals surface area (Å²) in [5.74, 6) is 1.72. The second kappa shape index (κ2) is 7.44. The summed E-state index contributed by atoms with van der Waals surface area (Å²) in [5.41, 5.74) is 1.44. The molecule has 0 aliphatic heterocycles. The van der Waals surface area contributed by atoms with Gasteiger partial charge in [-0.1, -0.05) is 67.2 Å². The number of hydrogen-bond acceptors (Lipinski definition) is 1. The molecule has 2 heteroatoms. The van der Waals surface area contributed by atoms with Gasteiger partial charge in [0.2, 0.25) is 0 Å². The van der Waals surface area contributed by atoms with Gasteiger partial charge in [0, 0.05) is 10.5 Å². The number of halogens is 1. The summed E-state index contributed by atoms with van der Waals surface area (Å²) >= 11 is 3.73. The van der Waals surface area contributed by atoms with Gasteiger partial charge >= 0.3 is 0 Å². The average molecular weight is 324 g/mol. The van der Waals surface area contributed by atoms with Crippen molar-refractivity contribution in [1.82, 2.24) is 5.32 Å². The zero-order valence-corrected chi connectivity index (χ0v) is 13.7. The SMILES string of the molecule is CCNC(c1ccccc1Br)C1CCCC(CC)C1. The molecule has 0 spiro atoms. The van der Waals surface area contributed by atoms with Crippen LogP contribution >= 0.6 is 15.9 Å². The smallest absolute Gasteiger partial charge is 0.0359 e. The normalized spacial score (nSPS) is 25.2. The standard InChI is InChI=1S/C17H26BrN/c1-3-13-8-7-9-14(12-13)17(19-4-2)15-10-5-6-11-16(15)18/h5-6,10-11,13-14,17,19H,3-4,7-9,12H2,1-2H3. The molecule has 1 fully saturated rings. The Labute approximate surface area is 126 Å². The Bertz CT molecular complexity index is 391. The van der Waals surface area contributed by atoms with Crippen molar-refractivity contribution < 1.29 is 0 Å². The van der Waals surface area contributed by atoms with Crippen LogP contribution in [0.25, 0.3) is 0 Å². The van der Waals surface area contributed by atoms with E-state index in [4.69, 9.17) is 0 Å². The molecule has 0 saturated heterocycles. The highest BCUT2D eigenvalue weighted by molar-refractivity contribution is 9.10. The van der Waals surface area contributed by atoms with E-state index in [2.05, 4.69) is 59.4 Å². The minimum absolute atomic E-state index is 0.509. The quantitative estimate of drug-likeness (QED) is 0.773. The fraction of sp³-hybridized carbons (Fsp3) is 0.647. The predicted octanol–water partition coefficient (Wildman–Crippen LogP) is 5.32. The number of nitrogens with one attached hydrogen (secondary N) is 1. The van der Waals surface area contributed by atoms with Crippen LogP contribution in [-0.4, -0.2) is 6.54 Å². The Balaban J connectivity index is 2.17. The second-order valence-corrected chi connectivity index (χ2v) is 6.61. The van der Waals surface area contributed by atoms with Crippen LogP contribution in [0.5, 0.6) is 0 Å². The van der Waals surface area contributed by atoms with Gasteiger partial charge in [-0.25, -0.2) is 0 Å². The lowest BCUT2D eigenvalue weighted by atomic mass is 9.75. The van der Waals surface area contributed by atoms with Gasteiger partial charge < -0.3 is 5.32 Å². The van der Waals surface area contributed by atoms with E-state index in [1.54, 1.807) is 0 Å². The van der Waals surface area contributed by atoms with Crippen molar-refractivity contribution in [3.8, 4) is 0 Å². The molecular formula is C17H26BrN. The number of rotatable bonds is 5. The van der Waals surface area contributed by atoms with Crippen LogP contribution < -0.4 is 5.32 Å². The molecule has 1 nitrogen and oxygen atoms in total. The molecule has 1 N–H and O–H groups in total. The first-order chi connectivity index (χ1) is 9.26. The van der Waals surface area contributed by atoms with E-state index in [1.165, 1.54) is 42.1 Å². The van der Waals surface area contributed by atoms with Gasteiger partial charge in [-0.15, -0.1) is 0 Å². The lowest BCUT2D eigenvalue weighted by molar-refractivity contribution is 0.210. The first-order valence-corrected chi connectivity index (χ1v) is 8.53. The van der Waals surface area contributed by atoms with Gasteiger partial charge in [-0.05, 0) is 42.9 Å². The van der Waals surface area contributed by atoms with E-state index >= 15 is 0 Å². The monoisotopic (exact) mass is 323 g/mol. The summed E-state index contributed by atoms with van der Waals surface area (Å²) in [5, 5.41) is 3.72. The van der Waals surface area contributed by atoms with Crippen LogP contribution in [0.4, 0.5) is 0 Å². The summed E-state index contributed by atoms with van der Waals surface area (Å²) in [7, 11) is 0. The Kier molecular flexibility index (Phi) is 5.90. The Morgan fingerprint density at radius 1 is 1.26 bits per heavy atom. The van der Waals surface area contributed by atoms with Crippen LogP contribution in [0.1, 0.15) is 57.6 Å². The van der Waals surface area contributed by atoms with E-state index < -0.39 is 0 Å². The van der Waals surface area contributed by atoms with E-state index in [1.807, 2.05) is 0 Å². The zero-order valence-electron chi connectivity index (χ0n) is 12.2. The molecule has 0 radical (unpaired) electrons. The Hall–Kier alpha value is -0.340. The van der Waals surface area contributed by atoms with Gasteiger partial charge in [0.05, 0.1) is 0 Å². The summed E-state index contributed by atoms with van der Waals surface area (Å²) in [6.45, 7) is 5.59. The molecule has 1 saturated carbocycles. The summed E-state index contributed by atoms with van der Waals surface area (Å²) in [4.78, 5) is 0. The van der Waals surface area contributed by atoms with Gasteiger partial charge in [0.25, 0.3) is 0 Å². The highest BCUT2D eigenvalue weighted by atomic mass is 79.9. The van der Waals surface area contributed by atoms with Gasteiger partial charge in [0.15, 0.2) is 0 Å². The zero-order chi connectivity index (χ0) is 13.7. The maximum Gasteiger partial charge on any atom is 0.0359 e. The fourth-order valence-electron chi connectivity index (χ4n) is 3.48. The minimum atomic E-state index is 0.509. The highest BCUT2D eigenvalue weighted by Crippen LogP contribution is 2.40. The molecule has 0 aromatic heterocycles. The van der Waals surface area contributed by atoms with Crippen molar-refractivity contribution >= 4 is 15.9 Å². The first-order valence-electron chi connectivity index (χ1n) is 7.74. The van der Waals surface area contributed by atoms with E-state index in [0.717, 1.165) is 18.4 Å². The number of hydrogen-bond donors (Lipinski definition) is 1. The van der Waals surface area contributed by atoms with Crippen molar-refractivity contribution in [2.75, 3.05) is 6.54 Å². The molecule has 0 heterocycles. The fourth-order valence-corrected chi connectivity index (χ4v) is 4.02.